The van der Waals surface area contributed by atoms with Crippen molar-refractivity contribution in [3.63, 3.8) is 0 Å². The molecule has 26 heavy (non-hydrogen) atoms. The molecule has 1 heterocycles. The summed E-state index contributed by atoms with van der Waals surface area (Å²) in [5.74, 6) is 0.301. The van der Waals surface area contributed by atoms with Crippen molar-refractivity contribution in [3.8, 4) is 0 Å². The molecule has 0 bridgehead atoms. The maximum absolute atomic E-state index is 6.90. The minimum atomic E-state index is 0. The maximum Gasteiger partial charge on any atom is 0 e. The molecule has 0 radical (unpaired) electrons. The molecular formula is C21H41N3Pt2-6. The molecule has 0 spiro atoms. The zero-order chi connectivity index (χ0) is 19.6. The second-order valence-corrected chi connectivity index (χ2v) is 4.82. The molecule has 1 aromatic rings. The molecule has 0 aliphatic carbocycles. The van der Waals surface area contributed by atoms with Crippen LogP contribution in [0.1, 0.15) is 79.1 Å². The first-order valence-corrected chi connectivity index (χ1v) is 9.02. The van der Waals surface area contributed by atoms with E-state index in [9.17, 15) is 0 Å². The van der Waals surface area contributed by atoms with Gasteiger partial charge in [0.1, 0.15) is 0 Å². The Bertz CT molecular complexity index is 257. The van der Waals surface area contributed by atoms with E-state index in [0.29, 0.717) is 0 Å². The van der Waals surface area contributed by atoms with Gasteiger partial charge in [0.05, 0.1) is 0 Å². The summed E-state index contributed by atoms with van der Waals surface area (Å²) in [6, 6.07) is 4.72. The Hall–Kier alpha value is 0.127. The van der Waals surface area contributed by atoms with Crippen LogP contribution in [0.3, 0.4) is 0 Å². The third kappa shape index (κ3) is 64.7. The molecule has 0 fully saturated rings. The standard InChI is InChI=1S/C5H5N3.4C4H9.2Pt/c6-4-2-1-3-5(7)8-4;4*1-3-4-2;;/h1-3H,(H2-2,6,7,8);4*1,3-4H2,2H3;;/q-2;4*-1;;. The fourth-order valence-corrected chi connectivity index (χ4v) is 0.435. The fourth-order valence-electron chi connectivity index (χ4n) is 0.435. The van der Waals surface area contributed by atoms with Crippen molar-refractivity contribution < 1.29 is 42.1 Å². The number of hydrogen-bond donors (Lipinski definition) is 0. The van der Waals surface area contributed by atoms with Crippen molar-refractivity contribution in [2.75, 3.05) is 0 Å². The predicted molar refractivity (Wildman–Crippen MR) is 113 cm³/mol. The Morgan fingerprint density at radius 3 is 0.923 bits per heavy atom. The molecule has 166 valence electrons. The van der Waals surface area contributed by atoms with Gasteiger partial charge in [-0.1, -0.05) is 83.2 Å². The van der Waals surface area contributed by atoms with Gasteiger partial charge < -0.3 is 44.1 Å². The van der Waals surface area contributed by atoms with Gasteiger partial charge in [-0.3, -0.25) is 0 Å². The van der Waals surface area contributed by atoms with Gasteiger partial charge in [0.25, 0.3) is 0 Å². The third-order valence-electron chi connectivity index (χ3n) is 2.16. The van der Waals surface area contributed by atoms with Crippen LogP contribution in [0.2, 0.25) is 0 Å². The first kappa shape index (κ1) is 40.7. The number of aromatic nitrogens is 1. The first-order valence-electron chi connectivity index (χ1n) is 9.02. The zero-order valence-electron chi connectivity index (χ0n) is 17.3. The second-order valence-electron chi connectivity index (χ2n) is 4.82. The fraction of sp³-hybridized carbons (Fsp3) is 0.571. The summed E-state index contributed by atoms with van der Waals surface area (Å²) >= 11 is 0. The van der Waals surface area contributed by atoms with E-state index in [1.165, 1.54) is 37.8 Å². The zero-order valence-corrected chi connectivity index (χ0v) is 21.8. The van der Waals surface area contributed by atoms with Crippen LogP contribution in [-0.2, 0) is 42.1 Å². The molecule has 0 aromatic carbocycles. The molecule has 1 rings (SSSR count). The van der Waals surface area contributed by atoms with Gasteiger partial charge >= 0.3 is 0 Å². The van der Waals surface area contributed by atoms with Crippen LogP contribution in [0.4, 0.5) is 11.6 Å². The summed E-state index contributed by atoms with van der Waals surface area (Å²) in [5.41, 5.74) is 13.8. The Kier molecular flexibility index (Phi) is 69.7. The minimum absolute atomic E-state index is 0. The van der Waals surface area contributed by atoms with Crippen molar-refractivity contribution in [2.45, 2.75) is 79.1 Å². The Morgan fingerprint density at radius 1 is 0.654 bits per heavy atom. The molecule has 0 aliphatic heterocycles. The molecule has 3 nitrogen and oxygen atoms in total. The van der Waals surface area contributed by atoms with E-state index in [0.717, 1.165) is 25.7 Å². The number of unbranched alkanes of at least 4 members (excludes halogenated alkanes) is 4. The molecular weight excluding hydrogens is 684 g/mol. The van der Waals surface area contributed by atoms with E-state index in [-0.39, 0.29) is 53.8 Å². The largest absolute Gasteiger partial charge is 0.482 e. The average molecular weight is 726 g/mol. The number of rotatable bonds is 4. The molecule has 0 amide bonds. The molecule has 0 aliphatic rings. The van der Waals surface area contributed by atoms with E-state index in [1.807, 2.05) is 0 Å². The van der Waals surface area contributed by atoms with Crippen molar-refractivity contribution >= 4 is 11.6 Å². The first-order chi connectivity index (χ1) is 11.4. The van der Waals surface area contributed by atoms with Crippen LogP contribution in [0.25, 0.3) is 11.5 Å². The topological polar surface area (TPSA) is 60.5 Å². The summed E-state index contributed by atoms with van der Waals surface area (Å²) in [6.07, 6.45) is 9.11. The van der Waals surface area contributed by atoms with Gasteiger partial charge in [0, 0.05) is 42.1 Å². The number of pyridine rings is 1. The minimum Gasteiger partial charge on any atom is -0.482 e. The molecule has 0 saturated carbocycles. The van der Waals surface area contributed by atoms with E-state index in [4.69, 9.17) is 11.5 Å². The van der Waals surface area contributed by atoms with Crippen LogP contribution < -0.4 is 0 Å². The van der Waals surface area contributed by atoms with Crippen molar-refractivity contribution in [3.05, 3.63) is 57.4 Å². The van der Waals surface area contributed by atoms with E-state index in [1.54, 1.807) is 6.07 Å². The van der Waals surface area contributed by atoms with E-state index >= 15 is 0 Å². The van der Waals surface area contributed by atoms with E-state index in [2.05, 4.69) is 60.4 Å². The Labute approximate surface area is 194 Å². The normalized spacial score (nSPS) is 7.38. The van der Waals surface area contributed by atoms with Crippen molar-refractivity contribution in [1.82, 2.24) is 4.98 Å². The van der Waals surface area contributed by atoms with Crippen LogP contribution >= 0.6 is 0 Å². The van der Waals surface area contributed by atoms with Gasteiger partial charge in [-0.25, -0.2) is 0 Å². The van der Waals surface area contributed by atoms with Crippen LogP contribution in [0.5, 0.6) is 0 Å². The quantitative estimate of drug-likeness (QED) is 0.286. The molecule has 0 atom stereocenters. The summed E-state index contributed by atoms with van der Waals surface area (Å²) in [7, 11) is 0. The molecule has 5 heteroatoms. The van der Waals surface area contributed by atoms with Gasteiger partial charge in [-0.05, 0) is 0 Å². The molecule has 0 unspecified atom stereocenters. The van der Waals surface area contributed by atoms with Crippen molar-refractivity contribution in [1.29, 1.82) is 0 Å². The summed E-state index contributed by atoms with van der Waals surface area (Å²) in [6.45, 7) is 22.9. The monoisotopic (exact) mass is 725 g/mol. The predicted octanol–water partition coefficient (Wildman–Crippen LogP) is 8.93. The molecule has 0 saturated heterocycles. The van der Waals surface area contributed by atoms with Gasteiger partial charge in [0.15, 0.2) is 0 Å². The number of nitrogens with zero attached hydrogens (tertiary/aromatic N) is 1. The Morgan fingerprint density at radius 2 is 0.846 bits per heavy atom. The van der Waals surface area contributed by atoms with Gasteiger partial charge in [-0.15, -0.1) is 0 Å². The second kappa shape index (κ2) is 44.5. The third-order valence-corrected chi connectivity index (χ3v) is 2.16. The summed E-state index contributed by atoms with van der Waals surface area (Å²) < 4.78 is 0. The van der Waals surface area contributed by atoms with Gasteiger partial charge in [0.2, 0.25) is 0 Å². The SMILES string of the molecule is [CH2-]CCC.[CH2-]CCC.[CH2-]CCC.[CH2-]CCC.[NH-]c1cccc([NH-])n1.[Pt].[Pt]. The van der Waals surface area contributed by atoms with E-state index < -0.39 is 0 Å². The number of hydrogen-bond acceptors (Lipinski definition) is 1. The number of nitrogens with one attached hydrogen (secondary N) is 2. The van der Waals surface area contributed by atoms with Gasteiger partial charge in [-0.2, -0.15) is 25.7 Å². The maximum atomic E-state index is 6.90. The Balaban J connectivity index is -0.0000000495. The smallest absolute Gasteiger partial charge is 0 e. The van der Waals surface area contributed by atoms with Crippen LogP contribution in [-0.4, -0.2) is 4.98 Å². The summed E-state index contributed by atoms with van der Waals surface area (Å²) in [5, 5.41) is 0. The van der Waals surface area contributed by atoms with Crippen LogP contribution in [0, 0.1) is 27.7 Å². The van der Waals surface area contributed by atoms with Crippen molar-refractivity contribution in [2.24, 2.45) is 0 Å². The summed E-state index contributed by atoms with van der Waals surface area (Å²) in [4.78, 5) is 3.51. The molecule has 2 N–H and O–H groups in total. The average Bonchev–Trinajstić information content (AvgIpc) is 2.62. The van der Waals surface area contributed by atoms with Crippen LogP contribution in [0.15, 0.2) is 18.2 Å². The molecule has 1 aromatic heterocycles.